The predicted molar refractivity (Wildman–Crippen MR) is 114 cm³/mol. The maximum absolute atomic E-state index is 13.4. The monoisotopic (exact) mass is 406 g/mol. The molecule has 0 bridgehead atoms. The number of piperidine rings is 2. The van der Waals surface area contributed by atoms with E-state index in [2.05, 4.69) is 21.4 Å². The maximum atomic E-state index is 13.4. The number of rotatable bonds is 4. The highest BCUT2D eigenvalue weighted by molar-refractivity contribution is 5.96. The van der Waals surface area contributed by atoms with Crippen LogP contribution in [0.3, 0.4) is 0 Å². The Morgan fingerprint density at radius 3 is 2.73 bits per heavy atom. The summed E-state index contributed by atoms with van der Waals surface area (Å²) in [6.07, 6.45) is 6.57. The summed E-state index contributed by atoms with van der Waals surface area (Å²) in [5, 5.41) is 0. The SMILES string of the molecule is Cc1cc(C(=O)N2CC[C@H]3[C@H](CCC(=O)N3C3CC3)C2)c(C)n1Cc1ccccn1. The molecule has 2 amide bonds. The molecule has 158 valence electrons. The van der Waals surface area contributed by atoms with Gasteiger partial charge >= 0.3 is 0 Å². The molecule has 2 atom stereocenters. The molecule has 2 aromatic heterocycles. The van der Waals surface area contributed by atoms with Crippen molar-refractivity contribution < 1.29 is 9.59 Å². The number of hydrogen-bond acceptors (Lipinski definition) is 3. The number of amides is 2. The first-order valence-corrected chi connectivity index (χ1v) is 11.2. The molecule has 1 saturated carbocycles. The Kier molecular flexibility index (Phi) is 4.88. The van der Waals surface area contributed by atoms with Gasteiger partial charge in [-0.05, 0) is 63.6 Å². The van der Waals surface area contributed by atoms with E-state index in [-0.39, 0.29) is 5.91 Å². The molecule has 6 nitrogen and oxygen atoms in total. The van der Waals surface area contributed by atoms with E-state index < -0.39 is 0 Å². The smallest absolute Gasteiger partial charge is 0.255 e. The van der Waals surface area contributed by atoms with Gasteiger partial charge in [-0.15, -0.1) is 0 Å². The third-order valence-electron chi connectivity index (χ3n) is 7.15. The molecule has 3 fully saturated rings. The maximum Gasteiger partial charge on any atom is 0.255 e. The Balaban J connectivity index is 1.32. The summed E-state index contributed by atoms with van der Waals surface area (Å²) >= 11 is 0. The molecule has 3 aliphatic rings. The highest BCUT2D eigenvalue weighted by Crippen LogP contribution is 2.39. The van der Waals surface area contributed by atoms with Crippen LogP contribution in [-0.4, -0.2) is 56.3 Å². The fourth-order valence-electron chi connectivity index (χ4n) is 5.39. The second-order valence-electron chi connectivity index (χ2n) is 9.13. The molecule has 1 aliphatic carbocycles. The number of carbonyl (C=O) groups is 2. The Hall–Kier alpha value is -2.63. The number of likely N-dealkylation sites (tertiary alicyclic amines) is 2. The van der Waals surface area contributed by atoms with Crippen LogP contribution in [0, 0.1) is 19.8 Å². The summed E-state index contributed by atoms with van der Waals surface area (Å²) < 4.78 is 2.18. The minimum absolute atomic E-state index is 0.128. The molecular weight excluding hydrogens is 376 g/mol. The van der Waals surface area contributed by atoms with Crippen molar-refractivity contribution in [3.05, 3.63) is 53.1 Å². The highest BCUT2D eigenvalue weighted by atomic mass is 16.2. The van der Waals surface area contributed by atoms with Gasteiger partial charge < -0.3 is 14.4 Å². The summed E-state index contributed by atoms with van der Waals surface area (Å²) in [5.74, 6) is 0.873. The van der Waals surface area contributed by atoms with Gasteiger partial charge in [0.1, 0.15) is 0 Å². The van der Waals surface area contributed by atoms with Crippen LogP contribution < -0.4 is 0 Å². The van der Waals surface area contributed by atoms with Gasteiger partial charge in [0.2, 0.25) is 5.91 Å². The Morgan fingerprint density at radius 1 is 1.17 bits per heavy atom. The zero-order valence-corrected chi connectivity index (χ0v) is 17.9. The van der Waals surface area contributed by atoms with Crippen molar-refractivity contribution >= 4 is 11.8 Å². The number of aromatic nitrogens is 2. The van der Waals surface area contributed by atoms with Crippen LogP contribution in [0.15, 0.2) is 30.5 Å². The number of fused-ring (bicyclic) bond motifs is 1. The zero-order valence-electron chi connectivity index (χ0n) is 17.9. The van der Waals surface area contributed by atoms with Crippen LogP contribution in [0.5, 0.6) is 0 Å². The predicted octanol–water partition coefficient (Wildman–Crippen LogP) is 3.16. The first kappa shape index (κ1) is 19.3. The van der Waals surface area contributed by atoms with Gasteiger partial charge in [-0.1, -0.05) is 6.07 Å². The van der Waals surface area contributed by atoms with Crippen molar-refractivity contribution in [2.24, 2.45) is 5.92 Å². The molecule has 0 unspecified atom stereocenters. The van der Waals surface area contributed by atoms with E-state index in [1.807, 2.05) is 36.1 Å². The average molecular weight is 407 g/mol. The van der Waals surface area contributed by atoms with Crippen LogP contribution in [0.2, 0.25) is 0 Å². The number of pyridine rings is 1. The van der Waals surface area contributed by atoms with Crippen molar-refractivity contribution in [3.63, 3.8) is 0 Å². The average Bonchev–Trinajstić information content (AvgIpc) is 3.56. The quantitative estimate of drug-likeness (QED) is 0.784. The largest absolute Gasteiger partial charge is 0.342 e. The lowest BCUT2D eigenvalue weighted by atomic mass is 9.83. The van der Waals surface area contributed by atoms with Crippen LogP contribution in [0.4, 0.5) is 0 Å². The second kappa shape index (κ2) is 7.56. The standard InChI is InChI=1S/C24H30N4O2/c1-16-13-21(17(2)27(16)15-19-5-3-4-11-25-19)24(30)26-12-10-22-18(14-26)6-9-23(29)28(22)20-7-8-20/h3-5,11,13,18,20,22H,6-10,12,14-15H2,1-2H3/t18-,22+/m1/s1. The Labute approximate surface area is 177 Å². The fraction of sp³-hybridized carbons (Fsp3) is 0.542. The van der Waals surface area contributed by atoms with Crippen molar-refractivity contribution in [1.82, 2.24) is 19.4 Å². The van der Waals surface area contributed by atoms with Gasteiger partial charge in [0.25, 0.3) is 5.91 Å². The third kappa shape index (κ3) is 3.42. The second-order valence-corrected chi connectivity index (χ2v) is 9.13. The number of hydrogen-bond donors (Lipinski definition) is 0. The van der Waals surface area contributed by atoms with Crippen LogP contribution in [-0.2, 0) is 11.3 Å². The molecule has 5 rings (SSSR count). The Morgan fingerprint density at radius 2 is 2.00 bits per heavy atom. The lowest BCUT2D eigenvalue weighted by Crippen LogP contribution is -2.57. The van der Waals surface area contributed by atoms with Crippen LogP contribution in [0.1, 0.15) is 59.5 Å². The summed E-state index contributed by atoms with van der Waals surface area (Å²) in [7, 11) is 0. The van der Waals surface area contributed by atoms with E-state index in [4.69, 9.17) is 0 Å². The third-order valence-corrected chi connectivity index (χ3v) is 7.15. The number of nitrogens with zero attached hydrogens (tertiary/aromatic N) is 4. The van der Waals surface area contributed by atoms with Gasteiger partial charge in [-0.3, -0.25) is 14.6 Å². The lowest BCUT2D eigenvalue weighted by Gasteiger charge is -2.47. The van der Waals surface area contributed by atoms with Crippen molar-refractivity contribution in [2.75, 3.05) is 13.1 Å². The van der Waals surface area contributed by atoms with Crippen molar-refractivity contribution in [2.45, 2.75) is 64.6 Å². The van der Waals surface area contributed by atoms with Gasteiger partial charge in [-0.2, -0.15) is 0 Å². The van der Waals surface area contributed by atoms with Gasteiger partial charge in [0.15, 0.2) is 0 Å². The first-order valence-electron chi connectivity index (χ1n) is 11.2. The topological polar surface area (TPSA) is 58.4 Å². The molecule has 2 saturated heterocycles. The van der Waals surface area contributed by atoms with E-state index in [0.29, 0.717) is 36.9 Å². The van der Waals surface area contributed by atoms with E-state index >= 15 is 0 Å². The molecule has 2 aliphatic heterocycles. The minimum Gasteiger partial charge on any atom is -0.342 e. The van der Waals surface area contributed by atoms with Gasteiger partial charge in [0.05, 0.1) is 17.8 Å². The van der Waals surface area contributed by atoms with E-state index in [1.54, 1.807) is 6.20 Å². The van der Waals surface area contributed by atoms with E-state index in [1.165, 1.54) is 0 Å². The molecule has 6 heteroatoms. The van der Waals surface area contributed by atoms with Gasteiger partial charge in [0, 0.05) is 49.2 Å². The van der Waals surface area contributed by atoms with Gasteiger partial charge in [-0.25, -0.2) is 0 Å². The molecule has 0 N–H and O–H groups in total. The van der Waals surface area contributed by atoms with E-state index in [0.717, 1.165) is 61.4 Å². The lowest BCUT2D eigenvalue weighted by molar-refractivity contribution is -0.141. The molecule has 0 aromatic carbocycles. The minimum atomic E-state index is 0.128. The summed E-state index contributed by atoms with van der Waals surface area (Å²) in [6, 6.07) is 8.75. The van der Waals surface area contributed by atoms with E-state index in [9.17, 15) is 9.59 Å². The Bertz CT molecular complexity index is 963. The highest BCUT2D eigenvalue weighted by Gasteiger charge is 2.46. The van der Waals surface area contributed by atoms with Crippen LogP contribution in [0.25, 0.3) is 0 Å². The summed E-state index contributed by atoms with van der Waals surface area (Å²) in [6.45, 7) is 6.27. The zero-order chi connectivity index (χ0) is 20.8. The first-order chi connectivity index (χ1) is 14.5. The van der Waals surface area contributed by atoms with Crippen LogP contribution >= 0.6 is 0 Å². The summed E-state index contributed by atoms with van der Waals surface area (Å²) in [5.41, 5.74) is 3.88. The molecule has 0 spiro atoms. The summed E-state index contributed by atoms with van der Waals surface area (Å²) in [4.78, 5) is 34.5. The number of aryl methyl sites for hydroxylation is 1. The van der Waals surface area contributed by atoms with Crippen molar-refractivity contribution in [3.8, 4) is 0 Å². The molecule has 4 heterocycles. The molecule has 2 aromatic rings. The number of carbonyl (C=O) groups excluding carboxylic acids is 2. The molecule has 30 heavy (non-hydrogen) atoms. The molecular formula is C24H30N4O2. The fourth-order valence-corrected chi connectivity index (χ4v) is 5.39. The van der Waals surface area contributed by atoms with Crippen molar-refractivity contribution in [1.29, 1.82) is 0 Å². The normalized spacial score (nSPS) is 24.1. The molecule has 0 radical (unpaired) electrons.